The van der Waals surface area contributed by atoms with Crippen molar-refractivity contribution in [1.29, 1.82) is 0 Å². The van der Waals surface area contributed by atoms with Gasteiger partial charge in [-0.15, -0.1) is 0 Å². The third-order valence-electron chi connectivity index (χ3n) is 6.34. The molecule has 0 radical (unpaired) electrons. The zero-order chi connectivity index (χ0) is 24.3. The number of carbonyl (C=O) groups is 1. The summed E-state index contributed by atoms with van der Waals surface area (Å²) in [6, 6.07) is 3.96. The van der Waals surface area contributed by atoms with E-state index >= 15 is 4.39 Å². The Labute approximate surface area is 200 Å². The van der Waals surface area contributed by atoms with E-state index in [1.54, 1.807) is 0 Å². The van der Waals surface area contributed by atoms with Crippen molar-refractivity contribution in [3.8, 4) is 5.75 Å². The largest absolute Gasteiger partial charge is 0.458 e. The molecule has 0 aliphatic heterocycles. The summed E-state index contributed by atoms with van der Waals surface area (Å²) in [7, 11) is -5.58. The van der Waals surface area contributed by atoms with Crippen LogP contribution in [0.4, 0.5) is 17.6 Å². The Balaban J connectivity index is 1.69. The van der Waals surface area contributed by atoms with Crippen molar-refractivity contribution in [3.05, 3.63) is 49.7 Å². The van der Waals surface area contributed by atoms with Gasteiger partial charge in [0.2, 0.25) is 11.5 Å². The summed E-state index contributed by atoms with van der Waals surface area (Å²) in [6.45, 7) is 0.435. The zero-order valence-electron chi connectivity index (χ0n) is 17.2. The lowest BCUT2D eigenvalue weighted by Crippen LogP contribution is -2.43. The third-order valence-corrected chi connectivity index (χ3v) is 7.95. The number of alkyl halides is 2. The summed E-state index contributed by atoms with van der Waals surface area (Å²) in [4.78, 5) is 10.8. The normalized spacial score (nSPS) is 31.8. The molecule has 5 atom stereocenters. The first-order chi connectivity index (χ1) is 15.3. The number of hydrogen-bond donors (Lipinski definition) is 1. The lowest BCUT2D eigenvalue weighted by atomic mass is 9.93. The van der Waals surface area contributed by atoms with E-state index in [0.717, 1.165) is 25.7 Å². The van der Waals surface area contributed by atoms with Gasteiger partial charge in [-0.25, -0.2) is 18.0 Å². The first kappa shape index (κ1) is 24.5. The first-order valence-corrected chi connectivity index (χ1v) is 12.6. The summed E-state index contributed by atoms with van der Waals surface area (Å²) >= 11 is 1.89. The molecule has 5 unspecified atom stereocenters. The average molecular weight is 602 g/mol. The molecule has 0 amide bonds. The predicted octanol–water partition coefficient (Wildman–Crippen LogP) is 5.35. The van der Waals surface area contributed by atoms with Crippen molar-refractivity contribution in [3.63, 3.8) is 0 Å². The molecule has 0 saturated heterocycles. The summed E-state index contributed by atoms with van der Waals surface area (Å²) in [6.07, 6.45) is 0.106. The van der Waals surface area contributed by atoms with Gasteiger partial charge in [0, 0.05) is 3.57 Å². The third kappa shape index (κ3) is 4.41. The van der Waals surface area contributed by atoms with Crippen molar-refractivity contribution in [1.82, 2.24) is 0 Å². The van der Waals surface area contributed by atoms with Crippen molar-refractivity contribution in [2.75, 3.05) is 0 Å². The van der Waals surface area contributed by atoms with Gasteiger partial charge in [-0.05, 0) is 85.2 Å². The molecule has 1 aromatic carbocycles. The molecule has 0 heterocycles. The highest BCUT2D eigenvalue weighted by Gasteiger charge is 2.54. The summed E-state index contributed by atoms with van der Waals surface area (Å²) in [5.41, 5.74) is -3.72. The van der Waals surface area contributed by atoms with Crippen LogP contribution in [0.15, 0.2) is 40.5 Å². The quantitative estimate of drug-likeness (QED) is 0.212. The van der Waals surface area contributed by atoms with E-state index in [1.165, 1.54) is 18.2 Å². The van der Waals surface area contributed by atoms with Gasteiger partial charge in [0.15, 0.2) is 17.8 Å². The number of carbonyl (C=O) groups excluding carboxylic acids is 1. The number of halogens is 5. The summed E-state index contributed by atoms with van der Waals surface area (Å²) in [5.74, 6) is -6.47. The SMILES string of the molecule is CC1(F)C(Oc2ccc(I)cc2C(=O)OC2CC3CCC2C3)=C(F)C(F)=C(S(=O)(=O)O)C1F. The summed E-state index contributed by atoms with van der Waals surface area (Å²) < 4.78 is 102. The molecule has 1 N–H and O–H groups in total. The zero-order valence-corrected chi connectivity index (χ0v) is 20.1. The molecule has 1 aromatic rings. The molecule has 12 heteroatoms. The highest BCUT2D eigenvalue weighted by molar-refractivity contribution is 14.1. The van der Waals surface area contributed by atoms with Crippen LogP contribution in [-0.4, -0.2) is 36.9 Å². The van der Waals surface area contributed by atoms with Gasteiger partial charge >= 0.3 is 5.97 Å². The molecule has 2 fully saturated rings. The van der Waals surface area contributed by atoms with E-state index in [1.807, 2.05) is 22.6 Å². The summed E-state index contributed by atoms with van der Waals surface area (Å²) in [5, 5.41) is 0. The van der Waals surface area contributed by atoms with Crippen LogP contribution >= 0.6 is 22.6 Å². The molecular weight excluding hydrogens is 583 g/mol. The van der Waals surface area contributed by atoms with Gasteiger partial charge in [-0.3, -0.25) is 4.55 Å². The second-order valence-electron chi connectivity index (χ2n) is 8.60. The van der Waals surface area contributed by atoms with E-state index in [4.69, 9.17) is 14.0 Å². The number of ether oxygens (including phenoxy) is 2. The minimum absolute atomic E-state index is 0.207. The highest BCUT2D eigenvalue weighted by atomic mass is 127. The Kier molecular flexibility index (Phi) is 6.32. The second kappa shape index (κ2) is 8.52. The lowest BCUT2D eigenvalue weighted by Gasteiger charge is -2.31. The maximum Gasteiger partial charge on any atom is 0.342 e. The molecule has 6 nitrogen and oxygen atoms in total. The Morgan fingerprint density at radius 1 is 1.21 bits per heavy atom. The van der Waals surface area contributed by atoms with Crippen LogP contribution in [-0.2, 0) is 14.9 Å². The molecular formula is C21H19F4IO6S. The molecule has 180 valence electrons. The minimum atomic E-state index is -5.58. The van der Waals surface area contributed by atoms with Crippen LogP contribution in [0.3, 0.4) is 0 Å². The van der Waals surface area contributed by atoms with E-state index in [9.17, 15) is 26.4 Å². The fourth-order valence-electron chi connectivity index (χ4n) is 4.68. The number of fused-ring (bicyclic) bond motifs is 2. The van der Waals surface area contributed by atoms with Crippen LogP contribution in [0.25, 0.3) is 0 Å². The van der Waals surface area contributed by atoms with Crippen LogP contribution < -0.4 is 4.74 Å². The monoisotopic (exact) mass is 602 g/mol. The maximum atomic E-state index is 15.2. The second-order valence-corrected chi connectivity index (χ2v) is 11.2. The Morgan fingerprint density at radius 3 is 2.48 bits per heavy atom. The fourth-order valence-corrected chi connectivity index (χ4v) is 5.97. The van der Waals surface area contributed by atoms with Crippen LogP contribution in [0.5, 0.6) is 5.75 Å². The number of rotatable bonds is 5. The van der Waals surface area contributed by atoms with Gasteiger partial charge in [0.25, 0.3) is 10.1 Å². The predicted molar refractivity (Wildman–Crippen MR) is 117 cm³/mol. The fraction of sp³-hybridized carbons (Fsp3) is 0.476. The van der Waals surface area contributed by atoms with Gasteiger partial charge in [-0.2, -0.15) is 12.8 Å². The van der Waals surface area contributed by atoms with Crippen molar-refractivity contribution < 1.29 is 44.8 Å². The first-order valence-electron chi connectivity index (χ1n) is 10.1. The van der Waals surface area contributed by atoms with Crippen molar-refractivity contribution >= 4 is 38.7 Å². The minimum Gasteiger partial charge on any atom is -0.458 e. The van der Waals surface area contributed by atoms with Crippen LogP contribution in [0.2, 0.25) is 0 Å². The van der Waals surface area contributed by atoms with Gasteiger partial charge in [0.1, 0.15) is 22.3 Å². The molecule has 0 spiro atoms. The number of allylic oxidation sites excluding steroid dienone is 4. The Morgan fingerprint density at radius 2 is 1.91 bits per heavy atom. The van der Waals surface area contributed by atoms with Gasteiger partial charge < -0.3 is 9.47 Å². The van der Waals surface area contributed by atoms with Gasteiger partial charge in [-0.1, -0.05) is 0 Å². The molecule has 2 bridgehead atoms. The van der Waals surface area contributed by atoms with Crippen LogP contribution in [0.1, 0.15) is 43.0 Å². The highest BCUT2D eigenvalue weighted by Crippen LogP contribution is 2.47. The van der Waals surface area contributed by atoms with Gasteiger partial charge in [0.05, 0.1) is 0 Å². The van der Waals surface area contributed by atoms with Crippen molar-refractivity contribution in [2.24, 2.45) is 11.8 Å². The standard InChI is InChI=1S/C21H19F4IO6S/c1-21(25)18(24)17(33(28,29)30)15(22)16(23)19(21)31-13-5-4-11(26)8-12(13)20(27)32-14-7-9-2-3-10(14)6-9/h4-5,8-10,14,18H,2-3,6-7H2,1H3,(H,28,29,30). The number of benzene rings is 1. The molecule has 0 aromatic heterocycles. The molecule has 33 heavy (non-hydrogen) atoms. The topological polar surface area (TPSA) is 89.9 Å². The average Bonchev–Trinajstić information content (AvgIpc) is 3.33. The number of hydrogen-bond acceptors (Lipinski definition) is 5. The lowest BCUT2D eigenvalue weighted by molar-refractivity contribution is 0.0152. The molecule has 3 aliphatic rings. The van der Waals surface area contributed by atoms with Crippen LogP contribution in [0, 0.1) is 15.4 Å². The Bertz CT molecular complexity index is 1180. The smallest absolute Gasteiger partial charge is 0.342 e. The van der Waals surface area contributed by atoms with E-state index in [2.05, 4.69) is 0 Å². The number of esters is 1. The molecule has 3 aliphatic carbocycles. The van der Waals surface area contributed by atoms with Crippen molar-refractivity contribution in [2.45, 2.75) is 50.6 Å². The molecule has 4 rings (SSSR count). The van der Waals surface area contributed by atoms with E-state index < -0.39 is 56.0 Å². The van der Waals surface area contributed by atoms with E-state index in [0.29, 0.717) is 16.4 Å². The Hall–Kier alpha value is -1.67. The maximum absolute atomic E-state index is 15.2. The van der Waals surface area contributed by atoms with E-state index in [-0.39, 0.29) is 17.6 Å². The molecule has 2 saturated carbocycles.